The minimum atomic E-state index is -1.38. The number of amides is 2. The van der Waals surface area contributed by atoms with Gasteiger partial charge in [-0.25, -0.2) is 17.6 Å². The summed E-state index contributed by atoms with van der Waals surface area (Å²) >= 11 is 0. The highest BCUT2D eigenvalue weighted by Crippen LogP contribution is 2.46. The Morgan fingerprint density at radius 1 is 1.29 bits per heavy atom. The lowest BCUT2D eigenvalue weighted by atomic mass is 9.83. The van der Waals surface area contributed by atoms with Gasteiger partial charge in [-0.2, -0.15) is 0 Å². The Balaban J connectivity index is 1.55. The Labute approximate surface area is 213 Å². The van der Waals surface area contributed by atoms with Crippen molar-refractivity contribution in [1.29, 1.82) is 0 Å². The molecule has 38 heavy (non-hydrogen) atoms. The van der Waals surface area contributed by atoms with Crippen LogP contribution in [0.1, 0.15) is 65.6 Å². The van der Waals surface area contributed by atoms with E-state index < -0.39 is 75.9 Å². The number of rotatable bonds is 4. The number of oxime groups is 1. The van der Waals surface area contributed by atoms with Crippen LogP contribution in [0.5, 0.6) is 5.75 Å². The van der Waals surface area contributed by atoms with E-state index in [4.69, 9.17) is 4.84 Å². The van der Waals surface area contributed by atoms with Crippen molar-refractivity contribution in [1.82, 2.24) is 14.8 Å². The molecular weight excluding hydrogens is 512 g/mol. The molecule has 0 radical (unpaired) electrons. The largest absolute Gasteiger partial charge is 0.503 e. The third kappa shape index (κ3) is 4.00. The number of benzene rings is 1. The summed E-state index contributed by atoms with van der Waals surface area (Å²) in [5.41, 5.74) is -3.67. The number of carbonyl (C=O) groups is 2. The van der Waals surface area contributed by atoms with Gasteiger partial charge in [0.05, 0.1) is 11.8 Å². The Morgan fingerprint density at radius 3 is 2.61 bits per heavy atom. The monoisotopic (exact) mass is 536 g/mol. The highest BCUT2D eigenvalue weighted by atomic mass is 19.1. The second-order valence-corrected chi connectivity index (χ2v) is 9.90. The number of aromatic nitrogens is 1. The number of hydrogen-bond donors (Lipinski definition) is 2. The molecule has 5 rings (SSSR count). The molecule has 0 unspecified atom stereocenters. The zero-order valence-electron chi connectivity index (χ0n) is 20.4. The second-order valence-electron chi connectivity index (χ2n) is 9.90. The van der Waals surface area contributed by atoms with Gasteiger partial charge in [-0.3, -0.25) is 14.4 Å². The summed E-state index contributed by atoms with van der Waals surface area (Å²) in [5.74, 6) is -6.29. The molecule has 2 bridgehead atoms. The maximum absolute atomic E-state index is 14.1. The highest BCUT2D eigenvalue weighted by molar-refractivity contribution is 5.99. The SMILES string of the molecule is C[C@@H](F)C1=NO[C@@]2(CC[C@H](C)N3C[C@H]2n2cc(C(=O)NCc4c(F)cc(F)cc4F)c(=O)c(O)c2C3=O)C1. The van der Waals surface area contributed by atoms with Crippen LogP contribution in [0.3, 0.4) is 0 Å². The van der Waals surface area contributed by atoms with Gasteiger partial charge >= 0.3 is 0 Å². The highest BCUT2D eigenvalue weighted by Gasteiger charge is 2.54. The van der Waals surface area contributed by atoms with Crippen LogP contribution in [0.25, 0.3) is 0 Å². The number of nitrogens with zero attached hydrogens (tertiary/aromatic N) is 3. The van der Waals surface area contributed by atoms with Crippen LogP contribution in [-0.4, -0.2) is 56.5 Å². The molecule has 3 aliphatic heterocycles. The van der Waals surface area contributed by atoms with Crippen molar-refractivity contribution in [2.45, 2.75) is 63.5 Å². The summed E-state index contributed by atoms with van der Waals surface area (Å²) in [6, 6.07) is -0.133. The first-order valence-corrected chi connectivity index (χ1v) is 12.0. The average molecular weight is 536 g/mol. The zero-order chi connectivity index (χ0) is 27.5. The summed E-state index contributed by atoms with van der Waals surface area (Å²) < 4.78 is 56.6. The quantitative estimate of drug-likeness (QED) is 0.584. The fraction of sp³-hybridized carbons (Fsp3) is 0.440. The maximum Gasteiger partial charge on any atom is 0.274 e. The number of carbonyl (C=O) groups excluding carboxylic acids is 2. The summed E-state index contributed by atoms with van der Waals surface area (Å²) in [6.45, 7) is 2.50. The average Bonchev–Trinajstić information content (AvgIpc) is 3.24. The molecule has 2 amide bonds. The van der Waals surface area contributed by atoms with Gasteiger partial charge in [-0.15, -0.1) is 0 Å². The van der Waals surface area contributed by atoms with Crippen LogP contribution in [0.15, 0.2) is 28.3 Å². The van der Waals surface area contributed by atoms with Crippen LogP contribution < -0.4 is 10.7 Å². The number of halogens is 4. The van der Waals surface area contributed by atoms with Gasteiger partial charge in [0, 0.05) is 49.4 Å². The van der Waals surface area contributed by atoms with Crippen LogP contribution in [0.4, 0.5) is 17.6 Å². The van der Waals surface area contributed by atoms with Gasteiger partial charge in [0.1, 0.15) is 29.2 Å². The molecule has 2 N–H and O–H groups in total. The number of alkyl halides is 1. The number of hydrogen-bond acceptors (Lipinski definition) is 6. The molecule has 1 spiro atoms. The first-order chi connectivity index (χ1) is 17.9. The van der Waals surface area contributed by atoms with Gasteiger partial charge in [-0.1, -0.05) is 5.16 Å². The van der Waals surface area contributed by atoms with E-state index in [0.29, 0.717) is 25.0 Å². The Bertz CT molecular complexity index is 1420. The maximum atomic E-state index is 14.1. The van der Waals surface area contributed by atoms with Crippen molar-refractivity contribution < 1.29 is 37.1 Å². The van der Waals surface area contributed by atoms with Crippen molar-refractivity contribution in [2.24, 2.45) is 5.16 Å². The first kappa shape index (κ1) is 25.7. The second kappa shape index (κ2) is 9.14. The number of nitrogens with one attached hydrogen (secondary N) is 1. The Morgan fingerprint density at radius 2 is 1.97 bits per heavy atom. The normalized spacial score (nSPS) is 24.9. The van der Waals surface area contributed by atoms with Gasteiger partial charge in [0.25, 0.3) is 11.8 Å². The Hall–Kier alpha value is -3.90. The van der Waals surface area contributed by atoms with E-state index in [-0.39, 0.29) is 30.4 Å². The lowest BCUT2D eigenvalue weighted by Gasteiger charge is -2.41. The van der Waals surface area contributed by atoms with Crippen LogP contribution in [-0.2, 0) is 11.4 Å². The molecule has 4 atom stereocenters. The molecule has 1 aromatic carbocycles. The van der Waals surface area contributed by atoms with Crippen LogP contribution >= 0.6 is 0 Å². The number of aromatic hydroxyl groups is 1. The molecule has 0 saturated carbocycles. The molecule has 0 aliphatic carbocycles. The van der Waals surface area contributed by atoms with E-state index in [0.717, 1.165) is 6.20 Å². The molecule has 1 saturated heterocycles. The molecule has 202 valence electrons. The van der Waals surface area contributed by atoms with Gasteiger partial charge in [-0.05, 0) is 26.7 Å². The standard InChI is InChI=1S/C25H24F4N4O5/c1-11-3-4-25(7-18(12(2)26)31-38-25)19-10-32(11)24(37)20-22(35)21(34)15(9-33(19)20)23(36)30-8-14-16(28)5-13(27)6-17(14)29/h5-6,9,11-12,19,35H,3-4,7-8,10H2,1-2H3,(H,30,36)/t11-,12+,19+,25-/m0/s1. The molecule has 9 nitrogen and oxygen atoms in total. The molecule has 2 aromatic rings. The molecule has 13 heteroatoms. The third-order valence-corrected chi connectivity index (χ3v) is 7.56. The lowest BCUT2D eigenvalue weighted by Crippen LogP contribution is -2.52. The van der Waals surface area contributed by atoms with Gasteiger partial charge < -0.3 is 24.7 Å². The third-order valence-electron chi connectivity index (χ3n) is 7.56. The lowest BCUT2D eigenvalue weighted by molar-refractivity contribution is -0.0655. The van der Waals surface area contributed by atoms with Crippen molar-refractivity contribution in [3.8, 4) is 5.75 Å². The molecular formula is C25H24F4N4O5. The zero-order valence-corrected chi connectivity index (χ0v) is 20.4. The van der Waals surface area contributed by atoms with Crippen LogP contribution in [0, 0.1) is 17.5 Å². The fourth-order valence-corrected chi connectivity index (χ4v) is 5.36. The minimum Gasteiger partial charge on any atom is -0.503 e. The van der Waals surface area contributed by atoms with Crippen molar-refractivity contribution in [3.63, 3.8) is 0 Å². The summed E-state index contributed by atoms with van der Waals surface area (Å²) in [5, 5.41) is 16.9. The topological polar surface area (TPSA) is 113 Å². The Kier molecular flexibility index (Phi) is 6.19. The van der Waals surface area contributed by atoms with Crippen molar-refractivity contribution in [3.05, 3.63) is 62.8 Å². The van der Waals surface area contributed by atoms with E-state index >= 15 is 0 Å². The number of fused-ring (bicyclic) bond motifs is 5. The predicted octanol–water partition coefficient (Wildman–Crippen LogP) is 2.95. The number of pyridine rings is 1. The minimum absolute atomic E-state index is 0.0891. The van der Waals surface area contributed by atoms with Crippen molar-refractivity contribution >= 4 is 17.5 Å². The smallest absolute Gasteiger partial charge is 0.274 e. The van der Waals surface area contributed by atoms with Gasteiger partial charge in [0.15, 0.2) is 17.0 Å². The predicted molar refractivity (Wildman–Crippen MR) is 125 cm³/mol. The molecule has 4 heterocycles. The van der Waals surface area contributed by atoms with E-state index in [9.17, 15) is 37.1 Å². The first-order valence-electron chi connectivity index (χ1n) is 12.0. The molecule has 1 aromatic heterocycles. The molecule has 1 fully saturated rings. The van der Waals surface area contributed by atoms with Crippen molar-refractivity contribution in [2.75, 3.05) is 6.54 Å². The molecule has 3 aliphatic rings. The van der Waals surface area contributed by atoms with E-state index in [2.05, 4.69) is 10.5 Å². The summed E-state index contributed by atoms with van der Waals surface area (Å²) in [4.78, 5) is 46.5. The fourth-order valence-electron chi connectivity index (χ4n) is 5.36. The van der Waals surface area contributed by atoms with E-state index in [1.54, 1.807) is 0 Å². The summed E-state index contributed by atoms with van der Waals surface area (Å²) in [7, 11) is 0. The van der Waals surface area contributed by atoms with Crippen LogP contribution in [0.2, 0.25) is 0 Å². The van der Waals surface area contributed by atoms with E-state index in [1.807, 2.05) is 6.92 Å². The van der Waals surface area contributed by atoms with E-state index in [1.165, 1.54) is 16.4 Å². The van der Waals surface area contributed by atoms with Gasteiger partial charge in [0.2, 0.25) is 5.43 Å². The summed E-state index contributed by atoms with van der Waals surface area (Å²) in [6.07, 6.45) is 0.655.